The number of hydrogen-bond donors (Lipinski definition) is 2. The summed E-state index contributed by atoms with van der Waals surface area (Å²) in [6.07, 6.45) is 0. The molecule has 0 unspecified atom stereocenters. The van der Waals surface area contributed by atoms with Crippen molar-refractivity contribution >= 4 is 44.6 Å². The molecule has 0 aliphatic rings. The Morgan fingerprint density at radius 2 is 1.86 bits per heavy atom. The van der Waals surface area contributed by atoms with Crippen LogP contribution in [0.15, 0.2) is 41.3 Å². The van der Waals surface area contributed by atoms with Gasteiger partial charge >= 0.3 is 0 Å². The van der Waals surface area contributed by atoms with Gasteiger partial charge in [0.25, 0.3) is 10.0 Å². The van der Waals surface area contributed by atoms with Crippen molar-refractivity contribution in [2.75, 3.05) is 10.5 Å². The van der Waals surface area contributed by atoms with Crippen LogP contribution in [-0.4, -0.2) is 8.42 Å². The predicted molar refractivity (Wildman–Crippen MR) is 82.8 cm³/mol. The Hall–Kier alpha value is -1.94. The van der Waals surface area contributed by atoms with Gasteiger partial charge in [0.2, 0.25) is 0 Å². The second kappa shape index (κ2) is 5.82. The van der Waals surface area contributed by atoms with E-state index in [9.17, 15) is 8.42 Å². The van der Waals surface area contributed by atoms with Crippen molar-refractivity contribution in [1.29, 1.82) is 5.26 Å². The zero-order chi connectivity index (χ0) is 15.6. The highest BCUT2D eigenvalue weighted by Gasteiger charge is 2.20. The smallest absolute Gasteiger partial charge is 0.263 e. The van der Waals surface area contributed by atoms with Crippen LogP contribution in [0.25, 0.3) is 0 Å². The SMILES string of the molecule is N#Cc1cc(N)ccc1S(=O)(=O)Nc1ccc(Cl)cc1Cl. The van der Waals surface area contributed by atoms with E-state index in [4.69, 9.17) is 34.2 Å². The Bertz CT molecular complexity index is 845. The molecule has 0 aliphatic carbocycles. The maximum absolute atomic E-state index is 12.3. The van der Waals surface area contributed by atoms with Crippen LogP contribution in [0.2, 0.25) is 10.0 Å². The Kier molecular flexibility index (Phi) is 4.28. The van der Waals surface area contributed by atoms with Gasteiger partial charge in [-0.05, 0) is 36.4 Å². The second-order valence-electron chi connectivity index (χ2n) is 4.10. The summed E-state index contributed by atoms with van der Waals surface area (Å²) >= 11 is 11.7. The van der Waals surface area contributed by atoms with Crippen LogP contribution in [0.1, 0.15) is 5.56 Å². The Balaban J connectivity index is 2.46. The van der Waals surface area contributed by atoms with Gasteiger partial charge in [0.15, 0.2) is 0 Å². The minimum absolute atomic E-state index is 0.0485. The normalized spacial score (nSPS) is 10.9. The largest absolute Gasteiger partial charge is 0.399 e. The molecule has 0 radical (unpaired) electrons. The highest BCUT2D eigenvalue weighted by Crippen LogP contribution is 2.28. The van der Waals surface area contributed by atoms with Crippen LogP contribution in [0, 0.1) is 11.3 Å². The maximum Gasteiger partial charge on any atom is 0.263 e. The van der Waals surface area contributed by atoms with E-state index in [0.29, 0.717) is 10.7 Å². The number of nitrogens with zero attached hydrogens (tertiary/aromatic N) is 1. The molecule has 2 aromatic rings. The predicted octanol–water partition coefficient (Wildman–Crippen LogP) is 3.25. The molecule has 2 aromatic carbocycles. The number of nitrogens with two attached hydrogens (primary N) is 1. The minimum Gasteiger partial charge on any atom is -0.399 e. The molecule has 108 valence electrons. The summed E-state index contributed by atoms with van der Waals surface area (Å²) in [6, 6.07) is 10.1. The van der Waals surface area contributed by atoms with Crippen molar-refractivity contribution in [3.63, 3.8) is 0 Å². The van der Waals surface area contributed by atoms with Gasteiger partial charge in [-0.25, -0.2) is 8.42 Å². The lowest BCUT2D eigenvalue weighted by atomic mass is 10.2. The molecule has 0 atom stereocenters. The third kappa shape index (κ3) is 3.39. The summed E-state index contributed by atoms with van der Waals surface area (Å²) in [4.78, 5) is -0.176. The van der Waals surface area contributed by atoms with E-state index < -0.39 is 10.0 Å². The first-order valence-electron chi connectivity index (χ1n) is 5.61. The summed E-state index contributed by atoms with van der Waals surface area (Å²) in [5, 5.41) is 9.56. The van der Waals surface area contributed by atoms with E-state index in [1.807, 2.05) is 0 Å². The van der Waals surface area contributed by atoms with E-state index >= 15 is 0 Å². The molecule has 0 saturated heterocycles. The van der Waals surface area contributed by atoms with Crippen molar-refractivity contribution < 1.29 is 8.42 Å². The fourth-order valence-corrected chi connectivity index (χ4v) is 3.37. The number of nitrogen functional groups attached to an aromatic ring is 1. The fourth-order valence-electron chi connectivity index (χ4n) is 1.64. The summed E-state index contributed by atoms with van der Waals surface area (Å²) < 4.78 is 27.0. The molecule has 0 bridgehead atoms. The zero-order valence-electron chi connectivity index (χ0n) is 10.5. The summed E-state index contributed by atoms with van der Waals surface area (Å²) in [6.45, 7) is 0. The van der Waals surface area contributed by atoms with E-state index in [1.54, 1.807) is 6.07 Å². The molecule has 0 aromatic heterocycles. The topological polar surface area (TPSA) is 96.0 Å². The average molecular weight is 342 g/mol. The first kappa shape index (κ1) is 15.4. The highest BCUT2D eigenvalue weighted by atomic mass is 35.5. The van der Waals surface area contributed by atoms with Crippen LogP contribution in [0.4, 0.5) is 11.4 Å². The second-order valence-corrected chi connectivity index (χ2v) is 6.59. The number of nitriles is 1. The van der Waals surface area contributed by atoms with E-state index in [1.165, 1.54) is 36.4 Å². The van der Waals surface area contributed by atoms with Gasteiger partial charge in [0.1, 0.15) is 11.0 Å². The summed E-state index contributed by atoms with van der Waals surface area (Å²) in [7, 11) is -3.96. The number of anilines is 2. The molecule has 0 aliphatic heterocycles. The lowest BCUT2D eigenvalue weighted by Crippen LogP contribution is -2.15. The van der Waals surface area contributed by atoms with Gasteiger partial charge in [-0.2, -0.15) is 5.26 Å². The van der Waals surface area contributed by atoms with Gasteiger partial charge in [-0.15, -0.1) is 0 Å². The zero-order valence-corrected chi connectivity index (χ0v) is 12.8. The number of sulfonamides is 1. The molecule has 5 nitrogen and oxygen atoms in total. The molecule has 21 heavy (non-hydrogen) atoms. The highest BCUT2D eigenvalue weighted by molar-refractivity contribution is 7.92. The number of halogens is 2. The van der Waals surface area contributed by atoms with E-state index in [-0.39, 0.29) is 21.2 Å². The Morgan fingerprint density at radius 1 is 1.14 bits per heavy atom. The van der Waals surface area contributed by atoms with Gasteiger partial charge in [-0.1, -0.05) is 23.2 Å². The van der Waals surface area contributed by atoms with Crippen molar-refractivity contribution in [3.8, 4) is 6.07 Å². The molecule has 0 fully saturated rings. The molecule has 2 rings (SSSR count). The summed E-state index contributed by atoms with van der Waals surface area (Å²) in [5.74, 6) is 0. The summed E-state index contributed by atoms with van der Waals surface area (Å²) in [5.41, 5.74) is 5.96. The minimum atomic E-state index is -3.96. The first-order chi connectivity index (χ1) is 9.83. The van der Waals surface area contributed by atoms with E-state index in [2.05, 4.69) is 4.72 Å². The molecule has 0 heterocycles. The van der Waals surface area contributed by atoms with Crippen LogP contribution < -0.4 is 10.5 Å². The van der Waals surface area contributed by atoms with Crippen LogP contribution in [-0.2, 0) is 10.0 Å². The number of hydrogen-bond acceptors (Lipinski definition) is 4. The van der Waals surface area contributed by atoms with Crippen LogP contribution >= 0.6 is 23.2 Å². The van der Waals surface area contributed by atoms with Crippen molar-refractivity contribution in [3.05, 3.63) is 52.0 Å². The van der Waals surface area contributed by atoms with Crippen molar-refractivity contribution in [2.45, 2.75) is 4.90 Å². The third-order valence-electron chi connectivity index (χ3n) is 2.59. The Morgan fingerprint density at radius 3 is 2.48 bits per heavy atom. The molecule has 3 N–H and O–H groups in total. The quantitative estimate of drug-likeness (QED) is 0.837. The fraction of sp³-hybridized carbons (Fsp3) is 0. The monoisotopic (exact) mass is 341 g/mol. The van der Waals surface area contributed by atoms with Gasteiger partial charge < -0.3 is 5.73 Å². The first-order valence-corrected chi connectivity index (χ1v) is 7.85. The lowest BCUT2D eigenvalue weighted by molar-refractivity contribution is 0.601. The molecule has 0 amide bonds. The number of benzene rings is 2. The van der Waals surface area contributed by atoms with Crippen molar-refractivity contribution in [1.82, 2.24) is 0 Å². The molecule has 0 spiro atoms. The molecular formula is C13H9Cl2N3O2S. The van der Waals surface area contributed by atoms with Gasteiger partial charge in [0.05, 0.1) is 16.3 Å². The molecule has 8 heteroatoms. The lowest BCUT2D eigenvalue weighted by Gasteiger charge is -2.11. The van der Waals surface area contributed by atoms with Gasteiger partial charge in [-0.3, -0.25) is 4.72 Å². The number of rotatable bonds is 3. The Labute approximate surface area is 132 Å². The maximum atomic E-state index is 12.3. The molecule has 0 saturated carbocycles. The molecular weight excluding hydrogens is 333 g/mol. The van der Waals surface area contributed by atoms with Crippen LogP contribution in [0.5, 0.6) is 0 Å². The average Bonchev–Trinajstić information content (AvgIpc) is 2.41. The third-order valence-corrected chi connectivity index (χ3v) is 4.56. The van der Waals surface area contributed by atoms with Crippen molar-refractivity contribution in [2.24, 2.45) is 0 Å². The number of nitrogens with one attached hydrogen (secondary N) is 1. The van der Waals surface area contributed by atoms with Gasteiger partial charge in [0, 0.05) is 10.7 Å². The van der Waals surface area contributed by atoms with E-state index in [0.717, 1.165) is 0 Å². The van der Waals surface area contributed by atoms with Crippen LogP contribution in [0.3, 0.4) is 0 Å². The standard InChI is InChI=1S/C13H9Cl2N3O2S/c14-9-1-3-12(11(15)6-9)18-21(19,20)13-4-2-10(17)5-8(13)7-16/h1-6,18H,17H2.